The summed E-state index contributed by atoms with van der Waals surface area (Å²) in [6.45, 7) is 5.48. The SMILES string of the molecule is CC1(C)C[C@H](C(=O)NCCSCc2cccc(Cl)c2)CCO1. The number of amides is 1. The van der Waals surface area contributed by atoms with Crippen LogP contribution in [0.2, 0.25) is 5.02 Å². The van der Waals surface area contributed by atoms with Gasteiger partial charge in [-0.05, 0) is 44.4 Å². The molecule has 1 aliphatic heterocycles. The summed E-state index contributed by atoms with van der Waals surface area (Å²) in [6.07, 6.45) is 1.62. The summed E-state index contributed by atoms with van der Waals surface area (Å²) in [5.41, 5.74) is 1.04. The Labute approximate surface area is 142 Å². The van der Waals surface area contributed by atoms with Crippen molar-refractivity contribution in [3.8, 4) is 0 Å². The average Bonchev–Trinajstić information content (AvgIpc) is 2.45. The van der Waals surface area contributed by atoms with E-state index in [0.717, 1.165) is 29.4 Å². The minimum atomic E-state index is -0.179. The number of halogens is 1. The second-order valence-electron chi connectivity index (χ2n) is 6.27. The highest BCUT2D eigenvalue weighted by Crippen LogP contribution is 2.28. The van der Waals surface area contributed by atoms with E-state index in [1.165, 1.54) is 5.56 Å². The van der Waals surface area contributed by atoms with Crippen LogP contribution in [0.3, 0.4) is 0 Å². The normalized spacial score (nSPS) is 20.6. The first-order valence-electron chi connectivity index (χ1n) is 7.70. The zero-order valence-corrected chi connectivity index (χ0v) is 14.8. The average molecular weight is 342 g/mol. The van der Waals surface area contributed by atoms with Crippen molar-refractivity contribution < 1.29 is 9.53 Å². The Morgan fingerprint density at radius 1 is 1.50 bits per heavy atom. The quantitative estimate of drug-likeness (QED) is 0.798. The topological polar surface area (TPSA) is 38.3 Å². The highest BCUT2D eigenvalue weighted by Gasteiger charge is 2.32. The van der Waals surface area contributed by atoms with Crippen molar-refractivity contribution >= 4 is 29.3 Å². The molecule has 1 aromatic carbocycles. The van der Waals surface area contributed by atoms with Gasteiger partial charge in [-0.15, -0.1) is 0 Å². The summed E-state index contributed by atoms with van der Waals surface area (Å²) in [6, 6.07) is 7.90. The lowest BCUT2D eigenvalue weighted by Gasteiger charge is -2.34. The molecule has 1 aliphatic rings. The van der Waals surface area contributed by atoms with Gasteiger partial charge in [0.2, 0.25) is 5.91 Å². The van der Waals surface area contributed by atoms with Crippen molar-refractivity contribution in [1.82, 2.24) is 5.32 Å². The van der Waals surface area contributed by atoms with E-state index in [-0.39, 0.29) is 17.4 Å². The van der Waals surface area contributed by atoms with Gasteiger partial charge in [-0.25, -0.2) is 0 Å². The van der Waals surface area contributed by atoms with Crippen LogP contribution in [-0.4, -0.2) is 30.4 Å². The first-order chi connectivity index (χ1) is 10.5. The van der Waals surface area contributed by atoms with E-state index in [2.05, 4.69) is 11.4 Å². The second kappa shape index (κ2) is 8.23. The number of carbonyl (C=O) groups is 1. The van der Waals surface area contributed by atoms with Crippen molar-refractivity contribution in [3.63, 3.8) is 0 Å². The molecule has 3 nitrogen and oxygen atoms in total. The number of ether oxygens (including phenoxy) is 1. The first kappa shape index (κ1) is 17.6. The van der Waals surface area contributed by atoms with Crippen LogP contribution in [0, 0.1) is 5.92 Å². The Hall–Kier alpha value is -0.710. The Morgan fingerprint density at radius 3 is 3.05 bits per heavy atom. The van der Waals surface area contributed by atoms with E-state index in [0.29, 0.717) is 13.2 Å². The molecule has 1 saturated heterocycles. The predicted molar refractivity (Wildman–Crippen MR) is 93.4 cm³/mol. The summed E-state index contributed by atoms with van der Waals surface area (Å²) >= 11 is 7.76. The van der Waals surface area contributed by atoms with Crippen LogP contribution in [0.25, 0.3) is 0 Å². The predicted octanol–water partition coefficient (Wildman–Crippen LogP) is 3.89. The van der Waals surface area contributed by atoms with E-state index < -0.39 is 0 Å². The lowest BCUT2D eigenvalue weighted by Crippen LogP contribution is -2.41. The maximum atomic E-state index is 12.2. The zero-order valence-electron chi connectivity index (χ0n) is 13.2. The van der Waals surface area contributed by atoms with E-state index in [1.54, 1.807) is 11.8 Å². The standard InChI is InChI=1S/C17H24ClNO2S/c1-17(2)11-14(6-8-21-17)16(20)19-7-9-22-12-13-4-3-5-15(18)10-13/h3-5,10,14H,6-9,11-12H2,1-2H3,(H,19,20)/t14-/m1/s1. The lowest BCUT2D eigenvalue weighted by atomic mass is 9.88. The molecule has 1 N–H and O–H groups in total. The summed E-state index contributed by atoms with van der Waals surface area (Å²) in [5, 5.41) is 3.82. The first-order valence-corrected chi connectivity index (χ1v) is 9.23. The van der Waals surface area contributed by atoms with Crippen LogP contribution in [0.15, 0.2) is 24.3 Å². The molecule has 1 atom stereocenters. The maximum absolute atomic E-state index is 12.2. The summed E-state index contributed by atoms with van der Waals surface area (Å²) in [5.74, 6) is 2.08. The fraction of sp³-hybridized carbons (Fsp3) is 0.588. The molecule has 1 aromatic rings. The van der Waals surface area contributed by atoms with E-state index in [4.69, 9.17) is 16.3 Å². The van der Waals surface area contributed by atoms with Gasteiger partial charge in [-0.3, -0.25) is 4.79 Å². The monoisotopic (exact) mass is 341 g/mol. The highest BCUT2D eigenvalue weighted by molar-refractivity contribution is 7.98. The van der Waals surface area contributed by atoms with Crippen molar-refractivity contribution in [2.45, 2.75) is 38.0 Å². The number of hydrogen-bond acceptors (Lipinski definition) is 3. The van der Waals surface area contributed by atoms with Gasteiger partial charge in [0.05, 0.1) is 5.60 Å². The number of nitrogens with one attached hydrogen (secondary N) is 1. The smallest absolute Gasteiger partial charge is 0.223 e. The minimum Gasteiger partial charge on any atom is -0.376 e. The number of hydrogen-bond donors (Lipinski definition) is 1. The number of carbonyl (C=O) groups excluding carboxylic acids is 1. The van der Waals surface area contributed by atoms with Gasteiger partial charge in [0.1, 0.15) is 0 Å². The lowest BCUT2D eigenvalue weighted by molar-refractivity contribution is -0.135. The van der Waals surface area contributed by atoms with Crippen LogP contribution < -0.4 is 5.32 Å². The van der Waals surface area contributed by atoms with Gasteiger partial charge in [0.25, 0.3) is 0 Å². The summed E-state index contributed by atoms with van der Waals surface area (Å²) in [7, 11) is 0. The van der Waals surface area contributed by atoms with Gasteiger partial charge in [0, 0.05) is 35.6 Å². The third-order valence-electron chi connectivity index (χ3n) is 3.77. The highest BCUT2D eigenvalue weighted by atomic mass is 35.5. The van der Waals surface area contributed by atoms with Crippen LogP contribution in [0.1, 0.15) is 32.3 Å². The van der Waals surface area contributed by atoms with Crippen molar-refractivity contribution in [2.24, 2.45) is 5.92 Å². The summed E-state index contributed by atoms with van der Waals surface area (Å²) < 4.78 is 5.65. The Morgan fingerprint density at radius 2 is 2.32 bits per heavy atom. The molecule has 0 spiro atoms. The molecule has 1 amide bonds. The molecule has 2 rings (SSSR count). The number of benzene rings is 1. The minimum absolute atomic E-state index is 0.0849. The van der Waals surface area contributed by atoms with E-state index in [1.807, 2.05) is 32.0 Å². The molecular formula is C17H24ClNO2S. The van der Waals surface area contributed by atoms with Crippen molar-refractivity contribution in [1.29, 1.82) is 0 Å². The van der Waals surface area contributed by atoms with Gasteiger partial charge < -0.3 is 10.1 Å². The third kappa shape index (κ3) is 5.82. The zero-order chi connectivity index (χ0) is 16.0. The van der Waals surface area contributed by atoms with Crippen LogP contribution in [-0.2, 0) is 15.3 Å². The molecule has 0 radical (unpaired) electrons. The van der Waals surface area contributed by atoms with Gasteiger partial charge in [0.15, 0.2) is 0 Å². The van der Waals surface area contributed by atoms with Crippen LogP contribution in [0.4, 0.5) is 0 Å². The molecule has 1 heterocycles. The Balaban J connectivity index is 1.63. The molecule has 122 valence electrons. The molecule has 0 aliphatic carbocycles. The molecular weight excluding hydrogens is 318 g/mol. The van der Waals surface area contributed by atoms with Crippen LogP contribution >= 0.6 is 23.4 Å². The Kier molecular flexibility index (Phi) is 6.60. The van der Waals surface area contributed by atoms with Gasteiger partial charge in [-0.1, -0.05) is 23.7 Å². The van der Waals surface area contributed by atoms with Crippen molar-refractivity contribution in [2.75, 3.05) is 18.9 Å². The molecule has 0 bridgehead atoms. The molecule has 22 heavy (non-hydrogen) atoms. The maximum Gasteiger partial charge on any atom is 0.223 e. The Bertz CT molecular complexity index is 507. The number of thioether (sulfide) groups is 1. The van der Waals surface area contributed by atoms with Crippen molar-refractivity contribution in [3.05, 3.63) is 34.9 Å². The van der Waals surface area contributed by atoms with Crippen LogP contribution in [0.5, 0.6) is 0 Å². The fourth-order valence-electron chi connectivity index (χ4n) is 2.66. The summed E-state index contributed by atoms with van der Waals surface area (Å²) in [4.78, 5) is 12.2. The van der Waals surface area contributed by atoms with E-state index in [9.17, 15) is 4.79 Å². The second-order valence-corrected chi connectivity index (χ2v) is 7.81. The molecule has 5 heteroatoms. The molecule has 1 fully saturated rings. The van der Waals surface area contributed by atoms with E-state index >= 15 is 0 Å². The molecule has 0 aromatic heterocycles. The third-order valence-corrected chi connectivity index (χ3v) is 5.04. The van der Waals surface area contributed by atoms with Gasteiger partial charge >= 0.3 is 0 Å². The molecule has 0 saturated carbocycles. The molecule has 0 unspecified atom stereocenters. The van der Waals surface area contributed by atoms with Gasteiger partial charge in [-0.2, -0.15) is 11.8 Å². The largest absolute Gasteiger partial charge is 0.376 e. The number of rotatable bonds is 6. The fourth-order valence-corrected chi connectivity index (χ4v) is 3.68.